The molecule has 0 spiro atoms. The van der Waals surface area contributed by atoms with Gasteiger partial charge in [-0.15, -0.1) is 0 Å². The predicted octanol–water partition coefficient (Wildman–Crippen LogP) is 1.30. The number of hydrogen-bond donors (Lipinski definition) is 1. The molecule has 2 aromatic rings. The molecule has 0 atom stereocenters. The number of thiazole rings is 1. The smallest absolute Gasteiger partial charge is 0.307 e. The maximum absolute atomic E-state index is 11.9. The number of hydrogen-bond acceptors (Lipinski definition) is 5. The summed E-state index contributed by atoms with van der Waals surface area (Å²) in [7, 11) is 1.63. The van der Waals surface area contributed by atoms with Gasteiger partial charge in [-0.2, -0.15) is 0 Å². The maximum Gasteiger partial charge on any atom is 0.307 e. The largest absolute Gasteiger partial charge is 0.360 e. The maximum atomic E-state index is 11.9. The summed E-state index contributed by atoms with van der Waals surface area (Å²) < 4.78 is 6.27. The minimum absolute atomic E-state index is 0.163. The Labute approximate surface area is 101 Å². The van der Waals surface area contributed by atoms with Crippen LogP contribution in [-0.4, -0.2) is 15.6 Å². The Bertz CT molecular complexity index is 623. The zero-order chi connectivity index (χ0) is 12.6. The molecule has 0 aliphatic heterocycles. The van der Waals surface area contributed by atoms with Crippen molar-refractivity contribution < 1.29 is 9.32 Å². The van der Waals surface area contributed by atoms with E-state index in [1.807, 2.05) is 0 Å². The van der Waals surface area contributed by atoms with Crippen LogP contribution in [0.1, 0.15) is 21.1 Å². The molecule has 0 bridgehead atoms. The van der Waals surface area contributed by atoms with E-state index in [-0.39, 0.29) is 10.8 Å². The summed E-state index contributed by atoms with van der Waals surface area (Å²) in [5, 5.41) is 6.23. The number of carbonyl (C=O) groups is 1. The van der Waals surface area contributed by atoms with E-state index in [9.17, 15) is 9.59 Å². The average Bonchev–Trinajstić information content (AvgIpc) is 2.78. The summed E-state index contributed by atoms with van der Waals surface area (Å²) in [4.78, 5) is 23.5. The topological polar surface area (TPSA) is 77.1 Å². The van der Waals surface area contributed by atoms with Crippen molar-refractivity contribution in [2.75, 3.05) is 5.32 Å². The minimum atomic E-state index is -0.349. The first kappa shape index (κ1) is 11.6. The number of nitrogens with zero attached hydrogens (tertiary/aromatic N) is 2. The zero-order valence-electron chi connectivity index (χ0n) is 9.60. The van der Waals surface area contributed by atoms with Crippen molar-refractivity contribution in [1.82, 2.24) is 9.72 Å². The second-order valence-electron chi connectivity index (χ2n) is 3.62. The van der Waals surface area contributed by atoms with Gasteiger partial charge in [-0.25, -0.2) is 0 Å². The van der Waals surface area contributed by atoms with Gasteiger partial charge in [-0.3, -0.25) is 9.59 Å². The Hall–Kier alpha value is -1.89. The molecule has 0 aliphatic rings. The van der Waals surface area contributed by atoms with E-state index in [0.29, 0.717) is 22.1 Å². The van der Waals surface area contributed by atoms with Crippen molar-refractivity contribution in [3.63, 3.8) is 0 Å². The summed E-state index contributed by atoms with van der Waals surface area (Å²) >= 11 is 0.912. The van der Waals surface area contributed by atoms with Gasteiger partial charge in [0.2, 0.25) is 0 Å². The Kier molecular flexibility index (Phi) is 2.84. The lowest BCUT2D eigenvalue weighted by Gasteiger charge is -1.99. The van der Waals surface area contributed by atoms with Gasteiger partial charge in [0.1, 0.15) is 10.6 Å². The van der Waals surface area contributed by atoms with Gasteiger partial charge in [0.15, 0.2) is 5.82 Å². The van der Waals surface area contributed by atoms with E-state index in [0.717, 1.165) is 11.3 Å². The molecule has 7 heteroatoms. The normalized spacial score (nSPS) is 10.5. The quantitative estimate of drug-likeness (QED) is 0.875. The van der Waals surface area contributed by atoms with Gasteiger partial charge >= 0.3 is 4.87 Å². The second kappa shape index (κ2) is 4.17. The summed E-state index contributed by atoms with van der Waals surface area (Å²) in [6, 6.07) is 1.61. The molecule has 17 heavy (non-hydrogen) atoms. The summed E-state index contributed by atoms with van der Waals surface area (Å²) in [5.74, 6) is 0.604. The molecule has 0 aliphatic carbocycles. The van der Waals surface area contributed by atoms with Crippen LogP contribution >= 0.6 is 11.3 Å². The lowest BCUT2D eigenvalue weighted by molar-refractivity contribution is 0.102. The molecule has 0 fully saturated rings. The molecule has 90 valence electrons. The third-order valence-corrected chi connectivity index (χ3v) is 3.50. The van der Waals surface area contributed by atoms with Crippen molar-refractivity contribution in [3.8, 4) is 0 Å². The molecule has 0 unspecified atom stereocenters. The van der Waals surface area contributed by atoms with E-state index in [1.165, 1.54) is 4.57 Å². The number of nitrogens with one attached hydrogen (secondary N) is 1. The fourth-order valence-electron chi connectivity index (χ4n) is 1.33. The van der Waals surface area contributed by atoms with Gasteiger partial charge in [0, 0.05) is 18.8 Å². The average molecular weight is 253 g/mol. The molecular formula is C10H11N3O3S. The molecule has 0 saturated carbocycles. The second-order valence-corrected chi connectivity index (χ2v) is 4.58. The number of rotatable bonds is 2. The van der Waals surface area contributed by atoms with Gasteiger partial charge < -0.3 is 14.4 Å². The van der Waals surface area contributed by atoms with E-state index in [4.69, 9.17) is 4.52 Å². The fourth-order valence-corrected chi connectivity index (χ4v) is 2.20. The predicted molar refractivity (Wildman–Crippen MR) is 63.5 cm³/mol. The molecule has 0 aromatic carbocycles. The monoisotopic (exact) mass is 253 g/mol. The number of anilines is 1. The van der Waals surface area contributed by atoms with Crippen molar-refractivity contribution in [3.05, 3.63) is 32.1 Å². The van der Waals surface area contributed by atoms with E-state index in [2.05, 4.69) is 10.5 Å². The van der Waals surface area contributed by atoms with Crippen molar-refractivity contribution in [2.45, 2.75) is 13.8 Å². The minimum Gasteiger partial charge on any atom is -0.360 e. The first-order valence-corrected chi connectivity index (χ1v) is 5.72. The van der Waals surface area contributed by atoms with Crippen LogP contribution in [0.25, 0.3) is 0 Å². The van der Waals surface area contributed by atoms with Crippen LogP contribution in [0.5, 0.6) is 0 Å². The Morgan fingerprint density at radius 1 is 1.53 bits per heavy atom. The highest BCUT2D eigenvalue weighted by Gasteiger charge is 2.16. The molecule has 6 nitrogen and oxygen atoms in total. The van der Waals surface area contributed by atoms with Gasteiger partial charge in [-0.1, -0.05) is 16.5 Å². The molecule has 1 N–H and O–H groups in total. The Balaban J connectivity index is 2.26. The van der Waals surface area contributed by atoms with Crippen LogP contribution in [-0.2, 0) is 7.05 Å². The van der Waals surface area contributed by atoms with E-state index < -0.39 is 0 Å². The molecule has 2 heterocycles. The molecule has 0 radical (unpaired) electrons. The van der Waals surface area contributed by atoms with Crippen LogP contribution in [0, 0.1) is 13.8 Å². The van der Waals surface area contributed by atoms with Crippen LogP contribution in [0.3, 0.4) is 0 Å². The van der Waals surface area contributed by atoms with Gasteiger partial charge in [0.05, 0.1) is 0 Å². The van der Waals surface area contributed by atoms with Crippen LogP contribution in [0.4, 0.5) is 5.82 Å². The Morgan fingerprint density at radius 2 is 2.24 bits per heavy atom. The highest BCUT2D eigenvalue weighted by atomic mass is 32.1. The Morgan fingerprint density at radius 3 is 2.71 bits per heavy atom. The SMILES string of the molecule is Cc1cc(NC(=O)c2sc(=O)n(C)c2C)no1. The zero-order valence-corrected chi connectivity index (χ0v) is 10.4. The van der Waals surface area contributed by atoms with Gasteiger partial charge in [0.25, 0.3) is 5.91 Å². The molecular weight excluding hydrogens is 242 g/mol. The molecule has 0 saturated heterocycles. The van der Waals surface area contributed by atoms with Crippen LogP contribution in [0.15, 0.2) is 15.4 Å². The van der Waals surface area contributed by atoms with Crippen molar-refractivity contribution in [1.29, 1.82) is 0 Å². The number of amides is 1. The molecule has 1 amide bonds. The summed E-state index contributed by atoms with van der Waals surface area (Å²) in [6.07, 6.45) is 0. The summed E-state index contributed by atoms with van der Waals surface area (Å²) in [5.41, 5.74) is 0.637. The van der Waals surface area contributed by atoms with Crippen molar-refractivity contribution in [2.24, 2.45) is 7.05 Å². The van der Waals surface area contributed by atoms with E-state index in [1.54, 1.807) is 27.0 Å². The standard InChI is InChI=1S/C10H11N3O3S/c1-5-4-7(12-16-5)11-9(14)8-6(2)13(3)10(15)17-8/h4H,1-3H3,(H,11,12,14). The lowest BCUT2D eigenvalue weighted by atomic mass is 10.3. The van der Waals surface area contributed by atoms with Gasteiger partial charge in [-0.05, 0) is 13.8 Å². The van der Waals surface area contributed by atoms with Crippen LogP contribution < -0.4 is 10.2 Å². The molecule has 2 aromatic heterocycles. The highest BCUT2D eigenvalue weighted by molar-refractivity contribution is 7.11. The number of aromatic nitrogens is 2. The van der Waals surface area contributed by atoms with Crippen LogP contribution in [0.2, 0.25) is 0 Å². The lowest BCUT2D eigenvalue weighted by Crippen LogP contribution is -2.13. The number of aryl methyl sites for hydroxylation is 1. The van der Waals surface area contributed by atoms with Crippen molar-refractivity contribution >= 4 is 23.1 Å². The third-order valence-electron chi connectivity index (χ3n) is 2.37. The third kappa shape index (κ3) is 2.14. The highest BCUT2D eigenvalue weighted by Crippen LogP contribution is 2.14. The first-order valence-electron chi connectivity index (χ1n) is 4.90. The molecule has 2 rings (SSSR count). The number of carbonyl (C=O) groups excluding carboxylic acids is 1. The van der Waals surface area contributed by atoms with E-state index >= 15 is 0 Å². The fraction of sp³-hybridized carbons (Fsp3) is 0.300. The summed E-state index contributed by atoms with van der Waals surface area (Å²) in [6.45, 7) is 3.45. The first-order chi connectivity index (χ1) is 7.99.